The third-order valence-electron chi connectivity index (χ3n) is 0.254. The van der Waals surface area contributed by atoms with E-state index in [4.69, 9.17) is 0 Å². The van der Waals surface area contributed by atoms with Crippen LogP contribution < -0.4 is 11.1 Å². The normalized spacial score (nSPS) is 9.50. The third kappa shape index (κ3) is 3.42. The van der Waals surface area contributed by atoms with E-state index in [2.05, 4.69) is 21.3 Å². The molecular formula is CH6BN4. The first-order valence-electron chi connectivity index (χ1n) is 1.51. The summed E-state index contributed by atoms with van der Waals surface area (Å²) in [6.45, 7) is 0. The molecule has 0 rings (SSSR count). The van der Waals surface area contributed by atoms with E-state index in [-0.39, 0.29) is 0 Å². The van der Waals surface area contributed by atoms with Crippen molar-refractivity contribution in [2.45, 2.75) is 0 Å². The van der Waals surface area contributed by atoms with E-state index < -0.39 is 0 Å². The zero-order chi connectivity index (χ0) is 4.83. The van der Waals surface area contributed by atoms with Crippen molar-refractivity contribution < 1.29 is 0 Å². The minimum Gasteiger partial charge on any atom is -0.340 e. The zero-order valence-corrected chi connectivity index (χ0v) is 3.55. The molecule has 3 N–H and O–H groups in total. The summed E-state index contributed by atoms with van der Waals surface area (Å²) in [6.07, 6.45) is 0. The Morgan fingerprint density at radius 2 is 2.50 bits per heavy atom. The van der Waals surface area contributed by atoms with E-state index in [1.165, 1.54) is 7.55 Å². The number of nitrogens with zero attached hydrogens (tertiary/aromatic N) is 2. The second-order valence-electron chi connectivity index (χ2n) is 0.649. The van der Waals surface area contributed by atoms with Crippen LogP contribution in [0, 0.1) is 0 Å². The van der Waals surface area contributed by atoms with Gasteiger partial charge < -0.3 is 11.1 Å². The maximum absolute atomic E-state index is 4.60. The SMILES string of the molecule is CN[B]N=NN. The Hall–Kier alpha value is -0.575. The second-order valence-corrected chi connectivity index (χ2v) is 0.649. The van der Waals surface area contributed by atoms with Crippen molar-refractivity contribution in [3.8, 4) is 0 Å². The van der Waals surface area contributed by atoms with Gasteiger partial charge in [0.25, 0.3) is 0 Å². The second kappa shape index (κ2) is 4.42. The average molecular weight is 84.9 g/mol. The Morgan fingerprint density at radius 3 is 2.67 bits per heavy atom. The smallest absolute Gasteiger partial charge is 0.340 e. The highest BCUT2D eigenvalue weighted by atomic mass is 15.3. The van der Waals surface area contributed by atoms with Gasteiger partial charge in [-0.15, -0.1) is 0 Å². The van der Waals surface area contributed by atoms with Crippen LogP contribution in [0.25, 0.3) is 0 Å². The summed E-state index contributed by atoms with van der Waals surface area (Å²) in [5, 5.41) is 8.79. The Bertz CT molecular complexity index is 42.8. The van der Waals surface area contributed by atoms with Crippen LogP contribution in [0.5, 0.6) is 0 Å². The lowest BCUT2D eigenvalue weighted by molar-refractivity contribution is 1.08. The van der Waals surface area contributed by atoms with Crippen LogP contribution in [0.15, 0.2) is 10.2 Å². The van der Waals surface area contributed by atoms with E-state index >= 15 is 0 Å². The molecule has 0 heterocycles. The lowest BCUT2D eigenvalue weighted by Gasteiger charge is -1.76. The van der Waals surface area contributed by atoms with Crippen molar-refractivity contribution in [3.63, 3.8) is 0 Å². The van der Waals surface area contributed by atoms with Crippen LogP contribution in [-0.2, 0) is 0 Å². The summed E-state index contributed by atoms with van der Waals surface area (Å²) in [5.74, 6) is 4.60. The molecule has 0 saturated carbocycles. The fraction of sp³-hybridized carbons (Fsp3) is 1.00. The monoisotopic (exact) mass is 85.1 g/mol. The quantitative estimate of drug-likeness (QED) is 0.197. The van der Waals surface area contributed by atoms with Gasteiger partial charge in [0.2, 0.25) is 0 Å². The summed E-state index contributed by atoms with van der Waals surface area (Å²) in [4.78, 5) is 0. The number of hydrogen-bond donors (Lipinski definition) is 2. The van der Waals surface area contributed by atoms with Crippen LogP contribution in [0.3, 0.4) is 0 Å². The van der Waals surface area contributed by atoms with E-state index in [9.17, 15) is 0 Å². The highest BCUT2D eigenvalue weighted by molar-refractivity contribution is 6.28. The predicted octanol–water partition coefficient (Wildman–Crippen LogP) is -0.934. The van der Waals surface area contributed by atoms with Crippen molar-refractivity contribution >= 4 is 7.55 Å². The lowest BCUT2D eigenvalue weighted by Crippen LogP contribution is -2.09. The molecule has 0 amide bonds. The molecule has 0 spiro atoms. The van der Waals surface area contributed by atoms with Gasteiger partial charge in [0.05, 0.1) is 0 Å². The maximum atomic E-state index is 4.60. The number of hydrogen-bond acceptors (Lipinski definition) is 3. The number of nitrogens with one attached hydrogen (secondary N) is 1. The molecule has 0 atom stereocenters. The number of rotatable bonds is 2. The van der Waals surface area contributed by atoms with Crippen molar-refractivity contribution in [2.24, 2.45) is 16.1 Å². The summed E-state index contributed by atoms with van der Waals surface area (Å²) < 4.78 is 0. The van der Waals surface area contributed by atoms with Crippen molar-refractivity contribution in [3.05, 3.63) is 0 Å². The molecule has 5 heteroatoms. The Labute approximate surface area is 37.1 Å². The summed E-state index contributed by atoms with van der Waals surface area (Å²) in [6, 6.07) is 0. The molecule has 0 aromatic carbocycles. The molecule has 4 nitrogen and oxygen atoms in total. The molecule has 0 aliphatic heterocycles. The molecule has 1 radical (unpaired) electrons. The van der Waals surface area contributed by atoms with E-state index in [0.29, 0.717) is 0 Å². The minimum absolute atomic E-state index is 1.39. The summed E-state index contributed by atoms with van der Waals surface area (Å²) >= 11 is 0. The van der Waals surface area contributed by atoms with Crippen molar-refractivity contribution in [1.82, 2.24) is 5.23 Å². The fourth-order valence-corrected chi connectivity index (χ4v) is 0.0911. The molecule has 0 bridgehead atoms. The van der Waals surface area contributed by atoms with Gasteiger partial charge in [-0.1, -0.05) is 5.22 Å². The van der Waals surface area contributed by atoms with Crippen LogP contribution in [0.1, 0.15) is 0 Å². The molecule has 33 valence electrons. The molecule has 0 fully saturated rings. The lowest BCUT2D eigenvalue weighted by atomic mass is 10.2. The van der Waals surface area contributed by atoms with Crippen molar-refractivity contribution in [2.75, 3.05) is 7.05 Å². The first-order valence-corrected chi connectivity index (χ1v) is 1.51. The fourth-order valence-electron chi connectivity index (χ4n) is 0.0911. The standard InChI is InChI=1S/CH6BN4/c1-4-2-5-6-3/h4H,1H3,(H2,3,5). The Morgan fingerprint density at radius 1 is 1.83 bits per heavy atom. The largest absolute Gasteiger partial charge is 0.403 e. The minimum atomic E-state index is 1.39. The average Bonchev–Trinajstić information content (AvgIpc) is 1.61. The molecular weight excluding hydrogens is 78.9 g/mol. The third-order valence-corrected chi connectivity index (χ3v) is 0.254. The van der Waals surface area contributed by atoms with Gasteiger partial charge in [-0.05, 0) is 7.05 Å². The van der Waals surface area contributed by atoms with Crippen LogP contribution >= 0.6 is 0 Å². The molecule has 0 aromatic heterocycles. The molecule has 0 unspecified atom stereocenters. The van der Waals surface area contributed by atoms with E-state index in [1.54, 1.807) is 7.05 Å². The first-order chi connectivity index (χ1) is 2.91. The highest BCUT2D eigenvalue weighted by Crippen LogP contribution is 1.51. The van der Waals surface area contributed by atoms with E-state index in [0.717, 1.165) is 0 Å². The van der Waals surface area contributed by atoms with Crippen LogP contribution in [0.2, 0.25) is 0 Å². The van der Waals surface area contributed by atoms with Gasteiger partial charge in [-0.25, -0.2) is 5.03 Å². The maximum Gasteiger partial charge on any atom is 0.403 e. The van der Waals surface area contributed by atoms with Gasteiger partial charge in [0.15, 0.2) is 0 Å². The Balaban J connectivity index is 2.66. The van der Waals surface area contributed by atoms with E-state index in [1.807, 2.05) is 0 Å². The van der Waals surface area contributed by atoms with Gasteiger partial charge in [0, 0.05) is 0 Å². The zero-order valence-electron chi connectivity index (χ0n) is 3.55. The molecule has 0 aliphatic carbocycles. The summed E-state index contributed by atoms with van der Waals surface area (Å²) in [5.41, 5.74) is 0. The van der Waals surface area contributed by atoms with Crippen LogP contribution in [0.4, 0.5) is 0 Å². The number of nitrogens with two attached hydrogens (primary N) is 1. The molecule has 0 aliphatic rings. The van der Waals surface area contributed by atoms with Crippen molar-refractivity contribution in [1.29, 1.82) is 0 Å². The molecule has 6 heavy (non-hydrogen) atoms. The van der Waals surface area contributed by atoms with Gasteiger partial charge in [0.1, 0.15) is 0 Å². The molecule has 0 aromatic rings. The topological polar surface area (TPSA) is 62.8 Å². The summed E-state index contributed by atoms with van der Waals surface area (Å²) in [7, 11) is 3.11. The van der Waals surface area contributed by atoms with Crippen LogP contribution in [-0.4, -0.2) is 14.6 Å². The predicted molar refractivity (Wildman–Crippen MR) is 23.9 cm³/mol. The van der Waals surface area contributed by atoms with Gasteiger partial charge >= 0.3 is 7.55 Å². The first kappa shape index (κ1) is 5.42. The molecule has 0 saturated heterocycles. The van der Waals surface area contributed by atoms with Gasteiger partial charge in [-0.3, -0.25) is 0 Å². The van der Waals surface area contributed by atoms with Gasteiger partial charge in [-0.2, -0.15) is 0 Å². The Kier molecular flexibility index (Phi) is 4.00. The highest BCUT2D eigenvalue weighted by Gasteiger charge is 1.72.